The number of fused-ring (bicyclic) bond motifs is 1. The van der Waals surface area contributed by atoms with E-state index in [2.05, 4.69) is 5.32 Å². The van der Waals surface area contributed by atoms with Crippen LogP contribution in [0.4, 0.5) is 11.4 Å². The Bertz CT molecular complexity index is 320. The normalized spacial score (nSPS) is 14.4. The summed E-state index contributed by atoms with van der Waals surface area (Å²) in [5.41, 5.74) is 7.82. The number of nitrogens with two attached hydrogens (primary N) is 1. The van der Waals surface area contributed by atoms with Crippen LogP contribution in [0, 0.1) is 0 Å². The molecular formula is C8H8N2O. The molecular weight excluding hydrogens is 140 g/mol. The van der Waals surface area contributed by atoms with E-state index in [1.165, 1.54) is 0 Å². The van der Waals surface area contributed by atoms with Gasteiger partial charge in [-0.15, -0.1) is 0 Å². The number of hydrogen-bond acceptors (Lipinski definition) is 3. The zero-order valence-corrected chi connectivity index (χ0v) is 5.92. The van der Waals surface area contributed by atoms with Crippen LogP contribution in [-0.2, 0) is 0 Å². The molecule has 0 aromatic heterocycles. The predicted octanol–water partition coefficient (Wildman–Crippen LogP) is 0.877. The summed E-state index contributed by atoms with van der Waals surface area (Å²) in [5.74, 6) is 0.139. The highest BCUT2D eigenvalue weighted by atomic mass is 16.1. The number of nitrogens with one attached hydrogen (secondary N) is 1. The molecule has 0 saturated heterocycles. The van der Waals surface area contributed by atoms with Crippen molar-refractivity contribution in [1.29, 1.82) is 0 Å². The van der Waals surface area contributed by atoms with E-state index in [4.69, 9.17) is 5.73 Å². The van der Waals surface area contributed by atoms with Gasteiger partial charge in [-0.3, -0.25) is 4.79 Å². The summed E-state index contributed by atoms with van der Waals surface area (Å²) in [7, 11) is 0. The molecule has 0 amide bonds. The Morgan fingerprint density at radius 2 is 2.27 bits per heavy atom. The Morgan fingerprint density at radius 1 is 1.45 bits per heavy atom. The van der Waals surface area contributed by atoms with Crippen LogP contribution < -0.4 is 11.1 Å². The summed E-state index contributed by atoms with van der Waals surface area (Å²) < 4.78 is 0. The number of carbonyl (C=O) groups excluding carboxylic acids is 1. The van der Waals surface area contributed by atoms with Crippen molar-refractivity contribution >= 4 is 17.2 Å². The molecule has 56 valence electrons. The number of nitrogen functional groups attached to an aromatic ring is 1. The molecule has 0 unspecified atom stereocenters. The fourth-order valence-electron chi connectivity index (χ4n) is 1.22. The van der Waals surface area contributed by atoms with E-state index in [0.717, 1.165) is 11.3 Å². The number of carbonyl (C=O) groups is 1. The van der Waals surface area contributed by atoms with Gasteiger partial charge in [0.15, 0.2) is 5.78 Å². The summed E-state index contributed by atoms with van der Waals surface area (Å²) in [6.07, 6.45) is 0. The molecule has 1 aromatic carbocycles. The summed E-state index contributed by atoms with van der Waals surface area (Å²) in [5, 5.41) is 2.96. The zero-order valence-electron chi connectivity index (χ0n) is 5.92. The lowest BCUT2D eigenvalue weighted by Crippen LogP contribution is -2.00. The number of rotatable bonds is 0. The first-order valence-corrected chi connectivity index (χ1v) is 3.44. The topological polar surface area (TPSA) is 55.1 Å². The molecule has 1 aliphatic heterocycles. The Labute approximate surface area is 64.2 Å². The van der Waals surface area contributed by atoms with Gasteiger partial charge in [0.1, 0.15) is 0 Å². The van der Waals surface area contributed by atoms with Crippen LogP contribution in [0.25, 0.3) is 0 Å². The molecule has 0 spiro atoms. The van der Waals surface area contributed by atoms with Crippen molar-refractivity contribution in [2.24, 2.45) is 0 Å². The van der Waals surface area contributed by atoms with E-state index in [0.29, 0.717) is 12.2 Å². The quantitative estimate of drug-likeness (QED) is 0.537. The van der Waals surface area contributed by atoms with Gasteiger partial charge in [-0.25, -0.2) is 0 Å². The minimum Gasteiger partial charge on any atom is -0.399 e. The van der Waals surface area contributed by atoms with E-state index < -0.39 is 0 Å². The van der Waals surface area contributed by atoms with Crippen molar-refractivity contribution in [2.45, 2.75) is 0 Å². The molecule has 3 heteroatoms. The first kappa shape index (κ1) is 6.22. The maximum absolute atomic E-state index is 11.1. The second-order valence-electron chi connectivity index (χ2n) is 2.58. The van der Waals surface area contributed by atoms with Crippen LogP contribution in [0.15, 0.2) is 18.2 Å². The standard InChI is InChI=1S/C8H8N2O/c9-5-1-2-6-7(3-5)10-4-8(6)11/h1-3,10H,4,9H2. The van der Waals surface area contributed by atoms with Gasteiger partial charge in [0, 0.05) is 16.9 Å². The molecule has 3 nitrogen and oxygen atoms in total. The van der Waals surface area contributed by atoms with Gasteiger partial charge in [0.2, 0.25) is 0 Å². The van der Waals surface area contributed by atoms with E-state index >= 15 is 0 Å². The Kier molecular flexibility index (Phi) is 1.12. The third kappa shape index (κ3) is 0.852. The molecule has 1 aromatic rings. The maximum Gasteiger partial charge on any atom is 0.183 e. The van der Waals surface area contributed by atoms with E-state index in [9.17, 15) is 4.79 Å². The van der Waals surface area contributed by atoms with Gasteiger partial charge in [-0.2, -0.15) is 0 Å². The van der Waals surface area contributed by atoms with Crippen LogP contribution in [0.5, 0.6) is 0 Å². The van der Waals surface area contributed by atoms with Crippen LogP contribution in [0.3, 0.4) is 0 Å². The second kappa shape index (κ2) is 1.99. The molecule has 2 rings (SSSR count). The summed E-state index contributed by atoms with van der Waals surface area (Å²) >= 11 is 0. The zero-order chi connectivity index (χ0) is 7.84. The Balaban J connectivity index is 2.59. The average Bonchev–Trinajstić information content (AvgIpc) is 2.32. The van der Waals surface area contributed by atoms with Gasteiger partial charge in [0.05, 0.1) is 6.54 Å². The number of ketones is 1. The highest BCUT2D eigenvalue weighted by molar-refractivity contribution is 6.08. The smallest absolute Gasteiger partial charge is 0.183 e. The number of anilines is 2. The molecule has 0 bridgehead atoms. The van der Waals surface area contributed by atoms with Crippen LogP contribution in [0.1, 0.15) is 10.4 Å². The van der Waals surface area contributed by atoms with Crippen molar-refractivity contribution in [3.8, 4) is 0 Å². The summed E-state index contributed by atoms with van der Waals surface area (Å²) in [6.45, 7) is 0.402. The van der Waals surface area contributed by atoms with Crippen molar-refractivity contribution in [3.63, 3.8) is 0 Å². The second-order valence-corrected chi connectivity index (χ2v) is 2.58. The minimum atomic E-state index is 0.139. The lowest BCUT2D eigenvalue weighted by Gasteiger charge is -1.97. The van der Waals surface area contributed by atoms with Crippen molar-refractivity contribution < 1.29 is 4.79 Å². The summed E-state index contributed by atoms with van der Waals surface area (Å²) in [4.78, 5) is 11.1. The Morgan fingerprint density at radius 3 is 3.09 bits per heavy atom. The third-order valence-corrected chi connectivity index (χ3v) is 1.78. The number of Topliss-reactive ketones (excluding diaryl/α,β-unsaturated/α-hetero) is 1. The molecule has 11 heavy (non-hydrogen) atoms. The fraction of sp³-hybridized carbons (Fsp3) is 0.125. The molecule has 0 fully saturated rings. The monoisotopic (exact) mass is 148 g/mol. The van der Waals surface area contributed by atoms with Crippen molar-refractivity contribution in [2.75, 3.05) is 17.6 Å². The molecule has 3 N–H and O–H groups in total. The minimum absolute atomic E-state index is 0.139. The fourth-order valence-corrected chi connectivity index (χ4v) is 1.22. The van der Waals surface area contributed by atoms with Crippen LogP contribution in [0.2, 0.25) is 0 Å². The predicted molar refractivity (Wildman–Crippen MR) is 43.7 cm³/mol. The SMILES string of the molecule is Nc1ccc2c(c1)NCC2=O. The lowest BCUT2D eigenvalue weighted by molar-refractivity contribution is 0.101. The average molecular weight is 148 g/mol. The highest BCUT2D eigenvalue weighted by Crippen LogP contribution is 2.23. The highest BCUT2D eigenvalue weighted by Gasteiger charge is 2.17. The van der Waals surface area contributed by atoms with Gasteiger partial charge < -0.3 is 11.1 Å². The van der Waals surface area contributed by atoms with Crippen molar-refractivity contribution in [1.82, 2.24) is 0 Å². The number of benzene rings is 1. The molecule has 0 radical (unpaired) electrons. The molecule has 1 aliphatic rings. The third-order valence-electron chi connectivity index (χ3n) is 1.78. The van der Waals surface area contributed by atoms with Gasteiger partial charge in [-0.05, 0) is 18.2 Å². The van der Waals surface area contributed by atoms with E-state index in [-0.39, 0.29) is 5.78 Å². The maximum atomic E-state index is 11.1. The van der Waals surface area contributed by atoms with Gasteiger partial charge in [0.25, 0.3) is 0 Å². The van der Waals surface area contributed by atoms with Crippen LogP contribution >= 0.6 is 0 Å². The Hall–Kier alpha value is -1.51. The van der Waals surface area contributed by atoms with Crippen LogP contribution in [-0.4, -0.2) is 12.3 Å². The molecule has 0 saturated carbocycles. The van der Waals surface area contributed by atoms with E-state index in [1.54, 1.807) is 18.2 Å². The molecule has 1 heterocycles. The summed E-state index contributed by atoms with van der Waals surface area (Å²) in [6, 6.07) is 5.27. The van der Waals surface area contributed by atoms with Gasteiger partial charge >= 0.3 is 0 Å². The lowest BCUT2D eigenvalue weighted by atomic mass is 10.1. The molecule has 0 aliphatic carbocycles. The van der Waals surface area contributed by atoms with Gasteiger partial charge in [-0.1, -0.05) is 0 Å². The first-order valence-electron chi connectivity index (χ1n) is 3.44. The largest absolute Gasteiger partial charge is 0.399 e. The number of hydrogen-bond donors (Lipinski definition) is 2. The van der Waals surface area contributed by atoms with Crippen molar-refractivity contribution in [3.05, 3.63) is 23.8 Å². The van der Waals surface area contributed by atoms with E-state index in [1.807, 2.05) is 0 Å². The first-order chi connectivity index (χ1) is 5.27. The molecule has 0 atom stereocenters.